The Labute approximate surface area is 138 Å². The van der Waals surface area contributed by atoms with Crippen molar-refractivity contribution >= 4 is 11.8 Å². The van der Waals surface area contributed by atoms with E-state index in [1.807, 2.05) is 62.9 Å². The highest BCUT2D eigenvalue weighted by Gasteiger charge is 2.45. The molecule has 0 aromatic heterocycles. The van der Waals surface area contributed by atoms with E-state index in [0.29, 0.717) is 18.9 Å². The third-order valence-electron chi connectivity index (χ3n) is 4.36. The number of amides is 1. The topological polar surface area (TPSA) is 41.9 Å². The van der Waals surface area contributed by atoms with Crippen molar-refractivity contribution in [1.29, 1.82) is 0 Å². The van der Waals surface area contributed by atoms with E-state index in [1.165, 1.54) is 0 Å². The predicted molar refractivity (Wildman–Crippen MR) is 93.4 cm³/mol. The molecule has 1 aromatic rings. The zero-order valence-corrected chi connectivity index (χ0v) is 14.5. The van der Waals surface area contributed by atoms with Crippen LogP contribution in [0, 0.1) is 0 Å². The van der Waals surface area contributed by atoms with E-state index in [-0.39, 0.29) is 18.0 Å². The summed E-state index contributed by atoms with van der Waals surface area (Å²) in [4.78, 5) is 19.6. The molecule has 1 aliphatic rings. The minimum atomic E-state index is -0.845. The van der Waals surface area contributed by atoms with Crippen molar-refractivity contribution in [2.75, 3.05) is 6.61 Å². The molecule has 0 saturated heterocycles. The van der Waals surface area contributed by atoms with Gasteiger partial charge in [-0.2, -0.15) is 0 Å². The highest BCUT2D eigenvalue weighted by atomic mass is 16.5. The molecule has 23 heavy (non-hydrogen) atoms. The fraction of sp³-hybridized carbons (Fsp3) is 0.474. The van der Waals surface area contributed by atoms with Crippen LogP contribution in [-0.2, 0) is 9.53 Å². The maximum Gasteiger partial charge on any atom is 0.251 e. The number of hydrogen-bond donors (Lipinski definition) is 0. The van der Waals surface area contributed by atoms with Crippen molar-refractivity contribution in [2.24, 2.45) is 4.99 Å². The molecule has 1 amide bonds. The first-order chi connectivity index (χ1) is 10.9. The van der Waals surface area contributed by atoms with Crippen LogP contribution in [0.1, 0.15) is 45.7 Å². The summed E-state index contributed by atoms with van der Waals surface area (Å²) >= 11 is 0. The number of aliphatic imine (C=N–C) groups is 1. The van der Waals surface area contributed by atoms with Crippen molar-refractivity contribution < 1.29 is 9.53 Å². The summed E-state index contributed by atoms with van der Waals surface area (Å²) in [7, 11) is 0. The Morgan fingerprint density at radius 3 is 2.65 bits per heavy atom. The lowest BCUT2D eigenvalue weighted by Crippen LogP contribution is -2.57. The number of benzene rings is 1. The number of hydrogen-bond acceptors (Lipinski definition) is 3. The summed E-state index contributed by atoms with van der Waals surface area (Å²) < 4.78 is 5.72. The van der Waals surface area contributed by atoms with Gasteiger partial charge in [-0.05, 0) is 39.7 Å². The van der Waals surface area contributed by atoms with Crippen LogP contribution < -0.4 is 0 Å². The standard InChI is InChI=1S/C19H26N2O2/c1-6-13-19(5)18(22)21(15(4)17(20-19)23-7-2)14(3)16-11-9-8-10-12-16/h6,8-12,14-15H,1,7,13H2,2-5H3/t14-,15-,19+/m1/s1. The summed E-state index contributed by atoms with van der Waals surface area (Å²) in [6, 6.07) is 9.82. The summed E-state index contributed by atoms with van der Waals surface area (Å²) in [6.45, 7) is 12.1. The molecule has 4 nitrogen and oxygen atoms in total. The number of rotatable bonds is 5. The van der Waals surface area contributed by atoms with Gasteiger partial charge < -0.3 is 9.64 Å². The Morgan fingerprint density at radius 1 is 1.43 bits per heavy atom. The molecule has 0 fully saturated rings. The van der Waals surface area contributed by atoms with Gasteiger partial charge >= 0.3 is 0 Å². The third-order valence-corrected chi connectivity index (χ3v) is 4.36. The van der Waals surface area contributed by atoms with Gasteiger partial charge in [-0.1, -0.05) is 36.4 Å². The van der Waals surface area contributed by atoms with Crippen LogP contribution in [0.2, 0.25) is 0 Å². The second-order valence-electron chi connectivity index (χ2n) is 6.12. The number of nitrogens with zero attached hydrogens (tertiary/aromatic N) is 2. The summed E-state index contributed by atoms with van der Waals surface area (Å²) in [5.41, 5.74) is 0.258. The van der Waals surface area contributed by atoms with Crippen molar-refractivity contribution in [3.05, 3.63) is 48.6 Å². The summed E-state index contributed by atoms with van der Waals surface area (Å²) in [5, 5.41) is 0. The molecule has 0 saturated carbocycles. The Hall–Kier alpha value is -2.10. The van der Waals surface area contributed by atoms with Crippen LogP contribution >= 0.6 is 0 Å². The van der Waals surface area contributed by atoms with E-state index >= 15 is 0 Å². The third kappa shape index (κ3) is 3.31. The van der Waals surface area contributed by atoms with Crippen molar-refractivity contribution in [1.82, 2.24) is 4.90 Å². The van der Waals surface area contributed by atoms with Gasteiger partial charge in [0, 0.05) is 0 Å². The molecule has 2 rings (SSSR count). The Balaban J connectivity index is 2.44. The van der Waals surface area contributed by atoms with Gasteiger partial charge in [-0.3, -0.25) is 4.79 Å². The molecule has 0 N–H and O–H groups in total. The minimum Gasteiger partial charge on any atom is -0.480 e. The first-order valence-corrected chi connectivity index (χ1v) is 8.15. The van der Waals surface area contributed by atoms with Gasteiger partial charge in [0.2, 0.25) is 5.90 Å². The number of carbonyl (C=O) groups excluding carboxylic acids is 1. The van der Waals surface area contributed by atoms with E-state index in [9.17, 15) is 4.79 Å². The average molecular weight is 314 g/mol. The molecule has 3 atom stereocenters. The maximum absolute atomic E-state index is 13.1. The van der Waals surface area contributed by atoms with Gasteiger partial charge in [0.05, 0.1) is 12.6 Å². The Bertz CT molecular complexity index is 597. The maximum atomic E-state index is 13.1. The van der Waals surface area contributed by atoms with Gasteiger partial charge in [0.15, 0.2) is 0 Å². The Kier molecular flexibility index (Phi) is 5.24. The molecule has 4 heteroatoms. The minimum absolute atomic E-state index is 0.0182. The van der Waals surface area contributed by atoms with Crippen LogP contribution in [0.5, 0.6) is 0 Å². The van der Waals surface area contributed by atoms with Crippen molar-refractivity contribution in [2.45, 2.75) is 51.7 Å². The molecule has 1 aliphatic heterocycles. The lowest BCUT2D eigenvalue weighted by molar-refractivity contribution is -0.141. The monoisotopic (exact) mass is 314 g/mol. The second kappa shape index (κ2) is 6.99. The van der Waals surface area contributed by atoms with Gasteiger partial charge in [-0.25, -0.2) is 4.99 Å². The summed E-state index contributed by atoms with van der Waals surface area (Å²) in [5.74, 6) is 0.643. The summed E-state index contributed by atoms with van der Waals surface area (Å²) in [6.07, 6.45) is 2.24. The van der Waals surface area contributed by atoms with Crippen molar-refractivity contribution in [3.8, 4) is 0 Å². The smallest absolute Gasteiger partial charge is 0.251 e. The lowest BCUT2D eigenvalue weighted by Gasteiger charge is -2.43. The molecule has 0 radical (unpaired) electrons. The molecule has 0 spiro atoms. The number of ether oxygens (including phenoxy) is 1. The zero-order valence-electron chi connectivity index (χ0n) is 14.5. The quantitative estimate of drug-likeness (QED) is 0.777. The molecule has 0 unspecified atom stereocenters. The average Bonchev–Trinajstić information content (AvgIpc) is 2.54. The van der Waals surface area contributed by atoms with Crippen LogP contribution in [0.3, 0.4) is 0 Å². The highest BCUT2D eigenvalue weighted by molar-refractivity contribution is 5.98. The lowest BCUT2D eigenvalue weighted by atomic mass is 9.91. The fourth-order valence-electron chi connectivity index (χ4n) is 3.08. The van der Waals surface area contributed by atoms with Crippen LogP contribution in [0.4, 0.5) is 0 Å². The van der Waals surface area contributed by atoms with E-state index < -0.39 is 5.54 Å². The molecular formula is C19H26N2O2. The van der Waals surface area contributed by atoms with Gasteiger partial charge in [-0.15, -0.1) is 6.58 Å². The molecular weight excluding hydrogens is 288 g/mol. The second-order valence-corrected chi connectivity index (χ2v) is 6.12. The van der Waals surface area contributed by atoms with Gasteiger partial charge in [0.1, 0.15) is 11.6 Å². The van der Waals surface area contributed by atoms with E-state index in [1.54, 1.807) is 6.08 Å². The van der Waals surface area contributed by atoms with E-state index in [4.69, 9.17) is 4.74 Å². The SMILES string of the molecule is C=CC[C@]1(C)N=C(OCC)[C@@H](C)N([C@H](C)c2ccccc2)C1=O. The van der Waals surface area contributed by atoms with Gasteiger partial charge in [0.25, 0.3) is 5.91 Å². The van der Waals surface area contributed by atoms with E-state index in [2.05, 4.69) is 11.6 Å². The normalized spacial score (nSPS) is 25.7. The van der Waals surface area contributed by atoms with Crippen LogP contribution in [0.15, 0.2) is 48.0 Å². The molecule has 1 heterocycles. The first-order valence-electron chi connectivity index (χ1n) is 8.15. The van der Waals surface area contributed by atoms with Crippen molar-refractivity contribution in [3.63, 3.8) is 0 Å². The van der Waals surface area contributed by atoms with Crippen LogP contribution in [0.25, 0.3) is 0 Å². The zero-order chi connectivity index (χ0) is 17.0. The Morgan fingerprint density at radius 2 is 2.09 bits per heavy atom. The number of carbonyl (C=O) groups is 1. The largest absolute Gasteiger partial charge is 0.480 e. The van der Waals surface area contributed by atoms with E-state index in [0.717, 1.165) is 5.56 Å². The molecule has 0 aliphatic carbocycles. The predicted octanol–water partition coefficient (Wildman–Crippen LogP) is 3.75. The molecule has 124 valence electrons. The van der Waals surface area contributed by atoms with Crippen LogP contribution in [-0.4, -0.2) is 34.9 Å². The fourth-order valence-corrected chi connectivity index (χ4v) is 3.08. The molecule has 0 bridgehead atoms. The first kappa shape index (κ1) is 17.3. The highest BCUT2D eigenvalue weighted by Crippen LogP contribution is 2.33. The molecule has 1 aromatic carbocycles.